The molecule has 0 saturated carbocycles. The number of nitrogens with zero attached hydrogens (tertiary/aromatic N) is 2. The lowest BCUT2D eigenvalue weighted by molar-refractivity contribution is 0.0991. The standard InChI is InChI=1S/C16H17N3O/c1-19(13-5-3-8-17-11-13)16(20)15-6-2-4-12-10-18-9-7-14(12)15/h2-6,8,11,18H,7,9-10H2,1H3. The Hall–Kier alpha value is -2.20. The van der Waals surface area contributed by atoms with E-state index in [1.807, 2.05) is 24.3 Å². The van der Waals surface area contributed by atoms with Gasteiger partial charge < -0.3 is 10.2 Å². The molecule has 0 atom stereocenters. The van der Waals surface area contributed by atoms with Crippen LogP contribution in [0.2, 0.25) is 0 Å². The van der Waals surface area contributed by atoms with Crippen LogP contribution >= 0.6 is 0 Å². The number of hydrogen-bond donors (Lipinski definition) is 1. The van der Waals surface area contributed by atoms with Gasteiger partial charge in [0, 0.05) is 25.4 Å². The van der Waals surface area contributed by atoms with Gasteiger partial charge in [-0.3, -0.25) is 9.78 Å². The number of amides is 1. The van der Waals surface area contributed by atoms with Crippen molar-refractivity contribution >= 4 is 11.6 Å². The zero-order chi connectivity index (χ0) is 13.9. The molecule has 1 aliphatic rings. The highest BCUT2D eigenvalue weighted by Gasteiger charge is 2.20. The second kappa shape index (κ2) is 5.43. The van der Waals surface area contributed by atoms with Gasteiger partial charge in [0.25, 0.3) is 5.91 Å². The number of hydrogen-bond acceptors (Lipinski definition) is 3. The van der Waals surface area contributed by atoms with Gasteiger partial charge in [-0.25, -0.2) is 0 Å². The Morgan fingerprint density at radius 3 is 3.00 bits per heavy atom. The van der Waals surface area contributed by atoms with Crippen molar-refractivity contribution in [2.45, 2.75) is 13.0 Å². The SMILES string of the molecule is CN(C(=O)c1cccc2c1CCNC2)c1cccnc1. The van der Waals surface area contributed by atoms with Gasteiger partial charge in [0.05, 0.1) is 11.9 Å². The Labute approximate surface area is 118 Å². The summed E-state index contributed by atoms with van der Waals surface area (Å²) in [6, 6.07) is 9.68. The summed E-state index contributed by atoms with van der Waals surface area (Å²) in [5, 5.41) is 3.33. The van der Waals surface area contributed by atoms with Crippen molar-refractivity contribution in [1.82, 2.24) is 10.3 Å². The smallest absolute Gasteiger partial charge is 0.258 e. The van der Waals surface area contributed by atoms with Crippen molar-refractivity contribution in [2.24, 2.45) is 0 Å². The van der Waals surface area contributed by atoms with Crippen LogP contribution in [0.25, 0.3) is 0 Å². The van der Waals surface area contributed by atoms with Gasteiger partial charge in [0.1, 0.15) is 0 Å². The molecule has 0 aliphatic carbocycles. The van der Waals surface area contributed by atoms with Crippen molar-refractivity contribution in [3.63, 3.8) is 0 Å². The number of carbonyl (C=O) groups is 1. The molecule has 1 aromatic carbocycles. The fourth-order valence-electron chi connectivity index (χ4n) is 2.58. The molecule has 20 heavy (non-hydrogen) atoms. The van der Waals surface area contributed by atoms with E-state index in [-0.39, 0.29) is 5.91 Å². The lowest BCUT2D eigenvalue weighted by Gasteiger charge is -2.23. The molecular weight excluding hydrogens is 250 g/mol. The average Bonchev–Trinajstić information content (AvgIpc) is 2.54. The molecule has 1 aromatic heterocycles. The minimum atomic E-state index is 0.0248. The van der Waals surface area contributed by atoms with Gasteiger partial charge in [0.15, 0.2) is 0 Å². The maximum atomic E-state index is 12.7. The molecule has 1 amide bonds. The van der Waals surface area contributed by atoms with E-state index >= 15 is 0 Å². The van der Waals surface area contributed by atoms with E-state index < -0.39 is 0 Å². The summed E-state index contributed by atoms with van der Waals surface area (Å²) in [6.07, 6.45) is 4.31. The van der Waals surface area contributed by atoms with E-state index in [9.17, 15) is 4.79 Å². The molecule has 0 unspecified atom stereocenters. The third-order valence-corrected chi connectivity index (χ3v) is 3.71. The van der Waals surface area contributed by atoms with Gasteiger partial charge in [-0.05, 0) is 42.3 Å². The fourth-order valence-corrected chi connectivity index (χ4v) is 2.58. The largest absolute Gasteiger partial charge is 0.312 e. The Kier molecular flexibility index (Phi) is 3.48. The number of carbonyl (C=O) groups excluding carboxylic acids is 1. The number of fused-ring (bicyclic) bond motifs is 1. The zero-order valence-electron chi connectivity index (χ0n) is 11.5. The first-order valence-electron chi connectivity index (χ1n) is 6.77. The molecule has 4 heteroatoms. The van der Waals surface area contributed by atoms with E-state index in [4.69, 9.17) is 0 Å². The molecule has 1 N–H and O–H groups in total. The van der Waals surface area contributed by atoms with E-state index in [1.165, 1.54) is 11.1 Å². The molecule has 102 valence electrons. The molecule has 2 aromatic rings. The minimum absolute atomic E-state index is 0.0248. The molecule has 0 fully saturated rings. The summed E-state index contributed by atoms with van der Waals surface area (Å²) in [5.41, 5.74) is 4.01. The summed E-state index contributed by atoms with van der Waals surface area (Å²) >= 11 is 0. The first kappa shape index (κ1) is 12.8. The third-order valence-electron chi connectivity index (χ3n) is 3.71. The lowest BCUT2D eigenvalue weighted by atomic mass is 9.95. The molecule has 0 saturated heterocycles. The Balaban J connectivity index is 1.95. The minimum Gasteiger partial charge on any atom is -0.312 e. The van der Waals surface area contributed by atoms with E-state index in [0.29, 0.717) is 0 Å². The highest BCUT2D eigenvalue weighted by atomic mass is 16.2. The van der Waals surface area contributed by atoms with Crippen LogP contribution in [0.3, 0.4) is 0 Å². The maximum absolute atomic E-state index is 12.7. The van der Waals surface area contributed by atoms with Gasteiger partial charge in [-0.2, -0.15) is 0 Å². The van der Waals surface area contributed by atoms with Crippen LogP contribution in [-0.2, 0) is 13.0 Å². The molecule has 2 heterocycles. The van der Waals surface area contributed by atoms with Crippen LogP contribution in [0.15, 0.2) is 42.7 Å². The summed E-state index contributed by atoms with van der Waals surface area (Å²) in [6.45, 7) is 1.76. The van der Waals surface area contributed by atoms with Gasteiger partial charge in [-0.1, -0.05) is 12.1 Å². The lowest BCUT2D eigenvalue weighted by Crippen LogP contribution is -2.30. The molecule has 0 spiro atoms. The number of nitrogens with one attached hydrogen (secondary N) is 1. The second-order valence-electron chi connectivity index (χ2n) is 4.95. The monoisotopic (exact) mass is 267 g/mol. The molecule has 0 bridgehead atoms. The molecule has 0 radical (unpaired) electrons. The highest BCUT2D eigenvalue weighted by Crippen LogP contribution is 2.22. The zero-order valence-corrected chi connectivity index (χ0v) is 11.5. The predicted molar refractivity (Wildman–Crippen MR) is 78.8 cm³/mol. The van der Waals surface area contributed by atoms with Crippen LogP contribution in [0.4, 0.5) is 5.69 Å². The number of rotatable bonds is 2. The summed E-state index contributed by atoms with van der Waals surface area (Å²) < 4.78 is 0. The normalized spacial score (nSPS) is 13.7. The summed E-state index contributed by atoms with van der Waals surface area (Å²) in [4.78, 5) is 18.4. The summed E-state index contributed by atoms with van der Waals surface area (Å²) in [7, 11) is 1.79. The van der Waals surface area contributed by atoms with E-state index in [2.05, 4.69) is 16.4 Å². The number of anilines is 1. The van der Waals surface area contributed by atoms with Crippen LogP contribution in [0.1, 0.15) is 21.5 Å². The third kappa shape index (κ3) is 2.30. The quantitative estimate of drug-likeness (QED) is 0.905. The molecule has 4 nitrogen and oxygen atoms in total. The Morgan fingerprint density at radius 2 is 2.20 bits per heavy atom. The molecule has 1 aliphatic heterocycles. The van der Waals surface area contributed by atoms with Gasteiger partial charge in [0.2, 0.25) is 0 Å². The van der Waals surface area contributed by atoms with Gasteiger partial charge in [-0.15, -0.1) is 0 Å². The number of aromatic nitrogens is 1. The van der Waals surface area contributed by atoms with Crippen molar-refractivity contribution < 1.29 is 4.79 Å². The van der Waals surface area contributed by atoms with Crippen LogP contribution < -0.4 is 10.2 Å². The van der Waals surface area contributed by atoms with Crippen LogP contribution in [0, 0.1) is 0 Å². The van der Waals surface area contributed by atoms with Crippen LogP contribution in [0.5, 0.6) is 0 Å². The van der Waals surface area contributed by atoms with E-state index in [1.54, 1.807) is 24.3 Å². The van der Waals surface area contributed by atoms with Crippen LogP contribution in [-0.4, -0.2) is 24.5 Å². The molecular formula is C16H17N3O. The Bertz CT molecular complexity index is 625. The fraction of sp³-hybridized carbons (Fsp3) is 0.250. The first-order chi connectivity index (χ1) is 9.77. The second-order valence-corrected chi connectivity index (χ2v) is 4.95. The van der Waals surface area contributed by atoms with Gasteiger partial charge >= 0.3 is 0 Å². The number of pyridine rings is 1. The van der Waals surface area contributed by atoms with Crippen molar-refractivity contribution in [1.29, 1.82) is 0 Å². The number of benzene rings is 1. The van der Waals surface area contributed by atoms with E-state index in [0.717, 1.165) is 30.8 Å². The topological polar surface area (TPSA) is 45.2 Å². The van der Waals surface area contributed by atoms with Crippen molar-refractivity contribution in [2.75, 3.05) is 18.5 Å². The average molecular weight is 267 g/mol. The van der Waals surface area contributed by atoms with Crippen molar-refractivity contribution in [3.05, 3.63) is 59.4 Å². The summed E-state index contributed by atoms with van der Waals surface area (Å²) in [5.74, 6) is 0.0248. The first-order valence-corrected chi connectivity index (χ1v) is 6.77. The predicted octanol–water partition coefficient (Wildman–Crippen LogP) is 2.00. The highest BCUT2D eigenvalue weighted by molar-refractivity contribution is 6.06. The maximum Gasteiger partial charge on any atom is 0.258 e. The molecule has 3 rings (SSSR count). The Morgan fingerprint density at radius 1 is 1.30 bits per heavy atom. The van der Waals surface area contributed by atoms with Crippen molar-refractivity contribution in [3.8, 4) is 0 Å².